The minimum Gasteiger partial charge on any atom is -0.370 e. The van der Waals surface area contributed by atoms with E-state index in [0.29, 0.717) is 0 Å². The van der Waals surface area contributed by atoms with Crippen LogP contribution in [0, 0.1) is 12.8 Å². The summed E-state index contributed by atoms with van der Waals surface area (Å²) >= 11 is 0. The standard InChI is InChI=1S/C14H25N5/c1-4-16-13-9-14(18-11(2)17-13)19(3)10-12-5-7-15-8-6-12/h9,12,15H,4-8,10H2,1-3H3,(H,16,17,18). The fraction of sp³-hybridized carbons (Fsp3) is 0.714. The third kappa shape index (κ3) is 4.06. The quantitative estimate of drug-likeness (QED) is 0.846. The number of nitrogens with zero attached hydrogens (tertiary/aromatic N) is 3. The second kappa shape index (κ2) is 6.70. The average molecular weight is 263 g/mol. The van der Waals surface area contributed by atoms with Crippen LogP contribution in [-0.2, 0) is 0 Å². The number of hydrogen-bond donors (Lipinski definition) is 2. The first-order valence-corrected chi connectivity index (χ1v) is 7.20. The predicted molar refractivity (Wildman–Crippen MR) is 79.8 cm³/mol. The fourth-order valence-corrected chi connectivity index (χ4v) is 2.56. The van der Waals surface area contributed by atoms with Gasteiger partial charge in [-0.15, -0.1) is 0 Å². The van der Waals surface area contributed by atoms with Gasteiger partial charge in [0, 0.05) is 26.2 Å². The van der Waals surface area contributed by atoms with Gasteiger partial charge in [-0.25, -0.2) is 9.97 Å². The van der Waals surface area contributed by atoms with Crippen molar-refractivity contribution in [1.29, 1.82) is 0 Å². The van der Waals surface area contributed by atoms with Gasteiger partial charge in [0.2, 0.25) is 0 Å². The predicted octanol–water partition coefficient (Wildman–Crippen LogP) is 1.65. The van der Waals surface area contributed by atoms with Crippen LogP contribution >= 0.6 is 0 Å². The maximum Gasteiger partial charge on any atom is 0.134 e. The van der Waals surface area contributed by atoms with Crippen LogP contribution < -0.4 is 15.5 Å². The normalized spacial score (nSPS) is 16.4. The molecule has 0 saturated carbocycles. The van der Waals surface area contributed by atoms with Crippen molar-refractivity contribution in [2.24, 2.45) is 5.92 Å². The van der Waals surface area contributed by atoms with Crippen molar-refractivity contribution in [2.75, 3.05) is 43.4 Å². The van der Waals surface area contributed by atoms with Crippen molar-refractivity contribution in [3.05, 3.63) is 11.9 Å². The lowest BCUT2D eigenvalue weighted by atomic mass is 9.98. The Balaban J connectivity index is 2.02. The number of aromatic nitrogens is 2. The zero-order chi connectivity index (χ0) is 13.7. The van der Waals surface area contributed by atoms with Crippen LogP contribution in [0.3, 0.4) is 0 Å². The Morgan fingerprint density at radius 2 is 2.11 bits per heavy atom. The number of anilines is 2. The van der Waals surface area contributed by atoms with Gasteiger partial charge < -0.3 is 15.5 Å². The zero-order valence-corrected chi connectivity index (χ0v) is 12.2. The van der Waals surface area contributed by atoms with Crippen molar-refractivity contribution in [1.82, 2.24) is 15.3 Å². The van der Waals surface area contributed by atoms with Gasteiger partial charge >= 0.3 is 0 Å². The zero-order valence-electron chi connectivity index (χ0n) is 12.2. The van der Waals surface area contributed by atoms with Gasteiger partial charge in [0.1, 0.15) is 17.5 Å². The Morgan fingerprint density at radius 1 is 1.37 bits per heavy atom. The number of piperidine rings is 1. The smallest absolute Gasteiger partial charge is 0.134 e. The summed E-state index contributed by atoms with van der Waals surface area (Å²) in [6.07, 6.45) is 2.52. The SMILES string of the molecule is CCNc1cc(N(C)CC2CCNCC2)nc(C)n1. The molecule has 1 fully saturated rings. The molecule has 2 rings (SSSR count). The van der Waals surface area contributed by atoms with Crippen LogP contribution in [0.4, 0.5) is 11.6 Å². The third-order valence-corrected chi connectivity index (χ3v) is 3.56. The van der Waals surface area contributed by atoms with Gasteiger partial charge in [-0.3, -0.25) is 0 Å². The van der Waals surface area contributed by atoms with Crippen molar-refractivity contribution in [3.63, 3.8) is 0 Å². The largest absolute Gasteiger partial charge is 0.370 e. The maximum absolute atomic E-state index is 4.54. The topological polar surface area (TPSA) is 53.1 Å². The van der Waals surface area contributed by atoms with Crippen molar-refractivity contribution >= 4 is 11.6 Å². The summed E-state index contributed by atoms with van der Waals surface area (Å²) in [5.74, 6) is 3.53. The Labute approximate surface area is 115 Å². The summed E-state index contributed by atoms with van der Waals surface area (Å²) in [5.41, 5.74) is 0. The molecule has 0 bridgehead atoms. The lowest BCUT2D eigenvalue weighted by molar-refractivity contribution is 0.377. The molecular weight excluding hydrogens is 238 g/mol. The molecule has 19 heavy (non-hydrogen) atoms. The molecule has 0 radical (unpaired) electrons. The van der Waals surface area contributed by atoms with E-state index in [2.05, 4.69) is 39.5 Å². The molecule has 0 amide bonds. The molecule has 1 aliphatic rings. The van der Waals surface area contributed by atoms with E-state index < -0.39 is 0 Å². The minimum absolute atomic E-state index is 0.768. The molecule has 5 heteroatoms. The molecule has 1 saturated heterocycles. The first kappa shape index (κ1) is 14.1. The van der Waals surface area contributed by atoms with Crippen LogP contribution in [0.5, 0.6) is 0 Å². The molecule has 2 N–H and O–H groups in total. The van der Waals surface area contributed by atoms with Gasteiger partial charge in [0.15, 0.2) is 0 Å². The fourth-order valence-electron chi connectivity index (χ4n) is 2.56. The first-order chi connectivity index (χ1) is 9.19. The van der Waals surface area contributed by atoms with E-state index in [9.17, 15) is 0 Å². The highest BCUT2D eigenvalue weighted by molar-refractivity contribution is 5.48. The summed E-state index contributed by atoms with van der Waals surface area (Å²) < 4.78 is 0. The van der Waals surface area contributed by atoms with Crippen molar-refractivity contribution in [3.8, 4) is 0 Å². The molecule has 1 aromatic heterocycles. The molecule has 106 valence electrons. The highest BCUT2D eigenvalue weighted by atomic mass is 15.2. The summed E-state index contributed by atoms with van der Waals surface area (Å²) in [4.78, 5) is 11.2. The van der Waals surface area contributed by atoms with Gasteiger partial charge in [-0.05, 0) is 45.7 Å². The van der Waals surface area contributed by atoms with E-state index in [1.807, 2.05) is 13.0 Å². The van der Waals surface area contributed by atoms with Crippen LogP contribution in [0.25, 0.3) is 0 Å². The maximum atomic E-state index is 4.54. The van der Waals surface area contributed by atoms with Crippen LogP contribution in [0.15, 0.2) is 6.07 Å². The second-order valence-corrected chi connectivity index (χ2v) is 5.26. The highest BCUT2D eigenvalue weighted by Gasteiger charge is 2.16. The molecule has 0 atom stereocenters. The minimum atomic E-state index is 0.768. The third-order valence-electron chi connectivity index (χ3n) is 3.56. The molecule has 0 aliphatic carbocycles. The van der Waals surface area contributed by atoms with Crippen LogP contribution in [0.2, 0.25) is 0 Å². The average Bonchev–Trinajstić information content (AvgIpc) is 2.39. The van der Waals surface area contributed by atoms with E-state index >= 15 is 0 Å². The molecule has 1 aliphatic heterocycles. The lowest BCUT2D eigenvalue weighted by Gasteiger charge is -2.28. The molecular formula is C14H25N5. The van der Waals surface area contributed by atoms with Gasteiger partial charge in [0.05, 0.1) is 0 Å². The Kier molecular flexibility index (Phi) is 4.96. The van der Waals surface area contributed by atoms with Gasteiger partial charge in [0.25, 0.3) is 0 Å². The molecule has 2 heterocycles. The molecule has 0 unspecified atom stereocenters. The van der Waals surface area contributed by atoms with Crippen LogP contribution in [0.1, 0.15) is 25.6 Å². The summed E-state index contributed by atoms with van der Waals surface area (Å²) in [7, 11) is 2.12. The molecule has 0 aromatic carbocycles. The molecule has 0 spiro atoms. The summed E-state index contributed by atoms with van der Waals surface area (Å²) in [5, 5.41) is 6.67. The van der Waals surface area contributed by atoms with E-state index in [-0.39, 0.29) is 0 Å². The molecule has 1 aromatic rings. The first-order valence-electron chi connectivity index (χ1n) is 7.20. The lowest BCUT2D eigenvalue weighted by Crippen LogP contribution is -2.35. The number of rotatable bonds is 5. The van der Waals surface area contributed by atoms with Crippen LogP contribution in [-0.4, -0.2) is 43.2 Å². The number of nitrogens with one attached hydrogen (secondary N) is 2. The van der Waals surface area contributed by atoms with E-state index in [1.165, 1.54) is 12.8 Å². The van der Waals surface area contributed by atoms with E-state index in [0.717, 1.165) is 49.6 Å². The molecule has 5 nitrogen and oxygen atoms in total. The number of hydrogen-bond acceptors (Lipinski definition) is 5. The Morgan fingerprint density at radius 3 is 2.79 bits per heavy atom. The summed E-state index contributed by atoms with van der Waals surface area (Å²) in [6.45, 7) is 8.27. The van der Waals surface area contributed by atoms with Gasteiger partial charge in [-0.2, -0.15) is 0 Å². The number of aryl methyl sites for hydroxylation is 1. The van der Waals surface area contributed by atoms with E-state index in [1.54, 1.807) is 0 Å². The summed E-state index contributed by atoms with van der Waals surface area (Å²) in [6, 6.07) is 2.04. The Hall–Kier alpha value is -1.36. The second-order valence-electron chi connectivity index (χ2n) is 5.26. The highest BCUT2D eigenvalue weighted by Crippen LogP contribution is 2.19. The monoisotopic (exact) mass is 263 g/mol. The van der Waals surface area contributed by atoms with Crippen molar-refractivity contribution < 1.29 is 0 Å². The van der Waals surface area contributed by atoms with Crippen molar-refractivity contribution in [2.45, 2.75) is 26.7 Å². The Bertz CT molecular complexity index is 401. The van der Waals surface area contributed by atoms with E-state index in [4.69, 9.17) is 0 Å². The van der Waals surface area contributed by atoms with Gasteiger partial charge in [-0.1, -0.05) is 0 Å².